The van der Waals surface area contributed by atoms with E-state index < -0.39 is 5.97 Å². The van der Waals surface area contributed by atoms with Gasteiger partial charge in [-0.25, -0.2) is 10.6 Å². The molecule has 1 heterocycles. The van der Waals surface area contributed by atoms with Gasteiger partial charge in [-0.05, 0) is 25.0 Å². The molecule has 0 saturated carbocycles. The van der Waals surface area contributed by atoms with Crippen LogP contribution >= 0.6 is 0 Å². The Hall–Kier alpha value is -1.69. The van der Waals surface area contributed by atoms with Crippen LogP contribution < -0.4 is 11.3 Å². The second-order valence-corrected chi connectivity index (χ2v) is 2.60. The largest absolute Gasteiger partial charge is 0.476 e. The lowest BCUT2D eigenvalue weighted by Gasteiger charge is -2.06. The van der Waals surface area contributed by atoms with Crippen molar-refractivity contribution < 1.29 is 9.90 Å². The summed E-state index contributed by atoms with van der Waals surface area (Å²) >= 11 is 0. The molecule has 0 spiro atoms. The number of hydrazine groups is 1. The number of anilines is 1. The predicted octanol–water partition coefficient (Wildman–Crippen LogP) is 0.0772. The molecule has 4 N–H and O–H groups in total. The lowest BCUT2D eigenvalue weighted by Crippen LogP contribution is -2.15. The van der Waals surface area contributed by atoms with Crippen LogP contribution in [0.5, 0.6) is 0 Å². The molecule has 1 aromatic heterocycles. The highest BCUT2D eigenvalue weighted by Gasteiger charge is 2.13. The van der Waals surface area contributed by atoms with Crippen LogP contribution in [0.3, 0.4) is 0 Å². The van der Waals surface area contributed by atoms with E-state index in [1.54, 1.807) is 13.8 Å². The Bertz CT molecular complexity index is 351. The number of nitrogens with one attached hydrogen (secondary N) is 1. The van der Waals surface area contributed by atoms with Crippen molar-refractivity contribution in [2.24, 2.45) is 5.84 Å². The van der Waals surface area contributed by atoms with Crippen LogP contribution in [0.25, 0.3) is 0 Å². The molecule has 13 heavy (non-hydrogen) atoms. The summed E-state index contributed by atoms with van der Waals surface area (Å²) in [5.74, 6) is 4.45. The number of carboxylic acids is 1. The molecule has 0 aromatic carbocycles. The molecular weight excluding hydrogens is 172 g/mol. The van der Waals surface area contributed by atoms with Crippen LogP contribution in [0.15, 0.2) is 0 Å². The van der Waals surface area contributed by atoms with Crippen molar-refractivity contribution in [1.82, 2.24) is 10.2 Å². The number of nitrogen functional groups attached to an aromatic ring is 1. The smallest absolute Gasteiger partial charge is 0.356 e. The number of aromatic nitrogens is 2. The number of nitrogens with zero attached hydrogens (tertiary/aromatic N) is 2. The molecule has 1 aromatic rings. The molecule has 0 amide bonds. The van der Waals surface area contributed by atoms with Crippen molar-refractivity contribution in [3.05, 3.63) is 16.8 Å². The fourth-order valence-corrected chi connectivity index (χ4v) is 0.945. The molecule has 6 heteroatoms. The van der Waals surface area contributed by atoms with Crippen molar-refractivity contribution in [2.45, 2.75) is 13.8 Å². The Morgan fingerprint density at radius 3 is 2.46 bits per heavy atom. The first-order valence-electron chi connectivity index (χ1n) is 3.61. The van der Waals surface area contributed by atoms with Crippen LogP contribution in [0.4, 0.5) is 5.82 Å². The molecule has 0 bridgehead atoms. The van der Waals surface area contributed by atoms with E-state index in [0.717, 1.165) is 0 Å². The molecule has 1 rings (SSSR count). The van der Waals surface area contributed by atoms with Crippen molar-refractivity contribution in [3.63, 3.8) is 0 Å². The SMILES string of the molecule is Cc1c(NN)nnc(C(=O)O)c1C. The van der Waals surface area contributed by atoms with Gasteiger partial charge in [0.2, 0.25) is 0 Å². The van der Waals surface area contributed by atoms with Crippen molar-refractivity contribution in [1.29, 1.82) is 0 Å². The first kappa shape index (κ1) is 9.40. The normalized spacial score (nSPS) is 9.77. The van der Waals surface area contributed by atoms with E-state index in [1.165, 1.54) is 0 Å². The molecule has 0 aliphatic heterocycles. The van der Waals surface area contributed by atoms with Crippen LogP contribution in [0.1, 0.15) is 21.6 Å². The van der Waals surface area contributed by atoms with Crippen molar-refractivity contribution >= 4 is 11.8 Å². The van der Waals surface area contributed by atoms with Gasteiger partial charge in [0.1, 0.15) is 0 Å². The van der Waals surface area contributed by atoms with Gasteiger partial charge in [0.25, 0.3) is 0 Å². The second-order valence-electron chi connectivity index (χ2n) is 2.60. The van der Waals surface area contributed by atoms with E-state index >= 15 is 0 Å². The summed E-state index contributed by atoms with van der Waals surface area (Å²) in [6, 6.07) is 0. The van der Waals surface area contributed by atoms with Crippen LogP contribution in [-0.2, 0) is 0 Å². The lowest BCUT2D eigenvalue weighted by atomic mass is 10.1. The number of rotatable bonds is 2. The van der Waals surface area contributed by atoms with E-state index in [0.29, 0.717) is 16.9 Å². The van der Waals surface area contributed by atoms with Gasteiger partial charge in [0.15, 0.2) is 11.5 Å². The standard InChI is InChI=1S/C7H10N4O2/c1-3-4(2)6(9-8)11-10-5(3)7(12)13/h8H2,1-2H3,(H,9,11)(H,12,13). The van der Waals surface area contributed by atoms with Gasteiger partial charge in [-0.3, -0.25) is 0 Å². The zero-order valence-corrected chi connectivity index (χ0v) is 7.33. The maximum absolute atomic E-state index is 10.6. The van der Waals surface area contributed by atoms with Gasteiger partial charge in [0.05, 0.1) is 0 Å². The average molecular weight is 182 g/mol. The summed E-state index contributed by atoms with van der Waals surface area (Å²) in [6.45, 7) is 3.39. The Morgan fingerprint density at radius 1 is 1.38 bits per heavy atom. The first-order valence-corrected chi connectivity index (χ1v) is 3.61. The highest BCUT2D eigenvalue weighted by atomic mass is 16.4. The number of carboxylic acid groups (broad SMARTS) is 1. The molecule has 0 radical (unpaired) electrons. The molecule has 0 aliphatic carbocycles. The zero-order valence-electron chi connectivity index (χ0n) is 7.33. The van der Waals surface area contributed by atoms with Gasteiger partial charge in [-0.1, -0.05) is 0 Å². The maximum Gasteiger partial charge on any atom is 0.356 e. The molecule has 0 fully saturated rings. The topological polar surface area (TPSA) is 101 Å². The van der Waals surface area contributed by atoms with Crippen LogP contribution in [-0.4, -0.2) is 21.3 Å². The van der Waals surface area contributed by atoms with Crippen LogP contribution in [0, 0.1) is 13.8 Å². The van der Waals surface area contributed by atoms with E-state index in [1.807, 2.05) is 0 Å². The second kappa shape index (κ2) is 3.36. The fraction of sp³-hybridized carbons (Fsp3) is 0.286. The van der Waals surface area contributed by atoms with Gasteiger partial charge in [-0.15, -0.1) is 10.2 Å². The molecule has 0 unspecified atom stereocenters. The predicted molar refractivity (Wildman–Crippen MR) is 46.3 cm³/mol. The van der Waals surface area contributed by atoms with Crippen molar-refractivity contribution in [2.75, 3.05) is 5.43 Å². The summed E-state index contributed by atoms with van der Waals surface area (Å²) in [5, 5.41) is 15.8. The quantitative estimate of drug-likeness (QED) is 0.442. The number of hydrogen-bond acceptors (Lipinski definition) is 5. The highest BCUT2D eigenvalue weighted by molar-refractivity contribution is 5.87. The molecular formula is C7H10N4O2. The van der Waals surface area contributed by atoms with Gasteiger partial charge < -0.3 is 10.5 Å². The average Bonchev–Trinajstić information content (AvgIpc) is 2.09. The summed E-state index contributed by atoms with van der Waals surface area (Å²) in [6.07, 6.45) is 0. The van der Waals surface area contributed by atoms with Gasteiger partial charge in [0, 0.05) is 0 Å². The molecule has 6 nitrogen and oxygen atoms in total. The lowest BCUT2D eigenvalue weighted by molar-refractivity contribution is 0.0688. The third-order valence-electron chi connectivity index (χ3n) is 1.86. The number of nitrogens with two attached hydrogens (primary N) is 1. The number of carbonyl (C=O) groups is 1. The third kappa shape index (κ3) is 1.57. The summed E-state index contributed by atoms with van der Waals surface area (Å²) in [7, 11) is 0. The molecule has 0 atom stereocenters. The Morgan fingerprint density at radius 2 is 2.00 bits per heavy atom. The minimum atomic E-state index is -1.09. The van der Waals surface area contributed by atoms with E-state index in [4.69, 9.17) is 10.9 Å². The number of hydrogen-bond donors (Lipinski definition) is 3. The monoisotopic (exact) mass is 182 g/mol. The van der Waals surface area contributed by atoms with E-state index in [2.05, 4.69) is 15.6 Å². The Kier molecular flexibility index (Phi) is 2.43. The fourth-order valence-electron chi connectivity index (χ4n) is 0.945. The first-order chi connectivity index (χ1) is 6.07. The van der Waals surface area contributed by atoms with Crippen molar-refractivity contribution in [3.8, 4) is 0 Å². The Balaban J connectivity index is 3.31. The minimum absolute atomic E-state index is 0.0449. The van der Waals surface area contributed by atoms with E-state index in [-0.39, 0.29) is 5.69 Å². The van der Waals surface area contributed by atoms with Gasteiger partial charge >= 0.3 is 5.97 Å². The van der Waals surface area contributed by atoms with E-state index in [9.17, 15) is 4.79 Å². The maximum atomic E-state index is 10.6. The zero-order chi connectivity index (χ0) is 10.0. The summed E-state index contributed by atoms with van der Waals surface area (Å²) < 4.78 is 0. The molecule has 0 saturated heterocycles. The minimum Gasteiger partial charge on any atom is -0.476 e. The van der Waals surface area contributed by atoms with Crippen LogP contribution in [0.2, 0.25) is 0 Å². The molecule has 70 valence electrons. The Labute approximate surface area is 74.7 Å². The number of aromatic carboxylic acids is 1. The van der Waals surface area contributed by atoms with Gasteiger partial charge in [-0.2, -0.15) is 0 Å². The third-order valence-corrected chi connectivity index (χ3v) is 1.86. The summed E-state index contributed by atoms with van der Waals surface area (Å²) in [5.41, 5.74) is 3.55. The highest BCUT2D eigenvalue weighted by Crippen LogP contribution is 2.15. The summed E-state index contributed by atoms with van der Waals surface area (Å²) in [4.78, 5) is 10.6. The molecule has 0 aliphatic rings.